The highest BCUT2D eigenvalue weighted by atomic mass is 32.3. The summed E-state index contributed by atoms with van der Waals surface area (Å²) in [4.78, 5) is 0. The molecule has 0 saturated carbocycles. The van der Waals surface area contributed by atoms with Crippen molar-refractivity contribution in [3.8, 4) is 0 Å². The van der Waals surface area contributed by atoms with Crippen molar-refractivity contribution in [2.24, 2.45) is 0 Å². The Balaban J connectivity index is 1.95. The van der Waals surface area contributed by atoms with E-state index in [1.165, 1.54) is 41.6 Å². The van der Waals surface area contributed by atoms with Crippen molar-refractivity contribution >= 4 is 47.0 Å². The normalized spacial score (nSPS) is 30.0. The fourth-order valence-corrected chi connectivity index (χ4v) is 8.51. The van der Waals surface area contributed by atoms with Crippen molar-refractivity contribution in [2.75, 3.05) is 28.8 Å². The van der Waals surface area contributed by atoms with Crippen molar-refractivity contribution in [1.29, 1.82) is 0 Å². The molecule has 2 heterocycles. The smallest absolute Gasteiger partial charge is 0.116 e. The minimum atomic E-state index is 0.555. The molecule has 0 amide bonds. The van der Waals surface area contributed by atoms with E-state index in [0.717, 1.165) is 0 Å². The van der Waals surface area contributed by atoms with E-state index in [0.29, 0.717) is 3.41 Å². The first-order valence-electron chi connectivity index (χ1n) is 4.41. The molecule has 4 heteroatoms. The van der Waals surface area contributed by atoms with Crippen molar-refractivity contribution < 1.29 is 0 Å². The molecule has 2 saturated heterocycles. The average Bonchev–Trinajstić information content (AvgIpc) is 2.33. The summed E-state index contributed by atoms with van der Waals surface area (Å²) < 4.78 is 0.555. The molecule has 2 aliphatic heterocycles. The molecule has 1 spiro atoms. The zero-order valence-electron chi connectivity index (χ0n) is 7.08. The predicted octanol–water partition coefficient (Wildman–Crippen LogP) is 3.38. The number of rotatable bonds is 0. The number of hydrogen-bond acceptors (Lipinski definition) is 4. The summed E-state index contributed by atoms with van der Waals surface area (Å²) in [5.41, 5.74) is 0. The van der Waals surface area contributed by atoms with Crippen LogP contribution >= 0.6 is 47.0 Å². The van der Waals surface area contributed by atoms with Gasteiger partial charge in [0, 0.05) is 5.75 Å². The average molecular weight is 238 g/mol. The van der Waals surface area contributed by atoms with Crippen LogP contribution in [0.4, 0.5) is 0 Å². The van der Waals surface area contributed by atoms with Gasteiger partial charge in [0.1, 0.15) is 3.41 Å². The van der Waals surface area contributed by atoms with Crippen LogP contribution in [0.2, 0.25) is 0 Å². The molecule has 0 nitrogen and oxygen atoms in total. The van der Waals surface area contributed by atoms with E-state index in [2.05, 4.69) is 47.0 Å². The van der Waals surface area contributed by atoms with Gasteiger partial charge < -0.3 is 0 Å². The van der Waals surface area contributed by atoms with Crippen molar-refractivity contribution in [3.63, 3.8) is 0 Å². The van der Waals surface area contributed by atoms with Gasteiger partial charge in [-0.05, 0) is 35.9 Å². The second-order valence-electron chi connectivity index (χ2n) is 2.99. The van der Waals surface area contributed by atoms with Crippen molar-refractivity contribution in [2.45, 2.75) is 16.3 Å². The van der Waals surface area contributed by atoms with Gasteiger partial charge in [-0.3, -0.25) is 0 Å². The van der Waals surface area contributed by atoms with Crippen LogP contribution in [0.1, 0.15) is 12.8 Å². The van der Waals surface area contributed by atoms with E-state index < -0.39 is 0 Å². The standard InChI is InChI=1S/C8H14S4/c1-3-9-7-8(10-4-1)11-5-2-6-12-8/h1-7H2. The Labute approximate surface area is 91.8 Å². The van der Waals surface area contributed by atoms with E-state index in [4.69, 9.17) is 0 Å². The van der Waals surface area contributed by atoms with Crippen LogP contribution in [-0.4, -0.2) is 32.2 Å². The molecular weight excluding hydrogens is 224 g/mol. The first-order valence-corrected chi connectivity index (χ1v) is 8.52. The van der Waals surface area contributed by atoms with Crippen LogP contribution < -0.4 is 0 Å². The van der Waals surface area contributed by atoms with E-state index in [1.807, 2.05) is 0 Å². The van der Waals surface area contributed by atoms with Crippen LogP contribution in [0.15, 0.2) is 0 Å². The third-order valence-corrected chi connectivity index (χ3v) is 9.08. The van der Waals surface area contributed by atoms with E-state index in [1.54, 1.807) is 0 Å². The number of hydrogen-bond donors (Lipinski definition) is 0. The molecule has 70 valence electrons. The van der Waals surface area contributed by atoms with Gasteiger partial charge in [-0.15, -0.1) is 35.3 Å². The largest absolute Gasteiger partial charge is 0.159 e. The zero-order valence-corrected chi connectivity index (χ0v) is 10.3. The Bertz CT molecular complexity index is 132. The fraction of sp³-hybridized carbons (Fsp3) is 1.00. The maximum atomic E-state index is 2.21. The highest BCUT2D eigenvalue weighted by Gasteiger charge is 2.35. The van der Waals surface area contributed by atoms with Gasteiger partial charge >= 0.3 is 0 Å². The molecule has 0 unspecified atom stereocenters. The van der Waals surface area contributed by atoms with E-state index in [9.17, 15) is 0 Å². The second kappa shape index (κ2) is 4.76. The SMILES string of the molecule is C1CSCC2(SC1)SCCCS2. The van der Waals surface area contributed by atoms with Gasteiger partial charge in [-0.1, -0.05) is 0 Å². The van der Waals surface area contributed by atoms with Crippen LogP contribution in [0.5, 0.6) is 0 Å². The van der Waals surface area contributed by atoms with Crippen molar-refractivity contribution in [1.82, 2.24) is 0 Å². The molecular formula is C8H14S4. The van der Waals surface area contributed by atoms with Gasteiger partial charge in [0.05, 0.1) is 0 Å². The Morgan fingerprint density at radius 1 is 0.750 bits per heavy atom. The van der Waals surface area contributed by atoms with Gasteiger partial charge in [0.2, 0.25) is 0 Å². The molecule has 0 aliphatic carbocycles. The quantitative estimate of drug-likeness (QED) is 0.634. The summed E-state index contributed by atoms with van der Waals surface area (Å²) in [6.45, 7) is 0. The summed E-state index contributed by atoms with van der Waals surface area (Å²) in [6.07, 6.45) is 2.83. The molecule has 0 aromatic heterocycles. The third-order valence-electron chi connectivity index (χ3n) is 1.97. The third kappa shape index (κ3) is 2.46. The summed E-state index contributed by atoms with van der Waals surface area (Å²) in [5, 5.41) is 0. The highest BCUT2D eigenvalue weighted by molar-refractivity contribution is 8.35. The molecule has 12 heavy (non-hydrogen) atoms. The molecule has 0 atom stereocenters. The summed E-state index contributed by atoms with van der Waals surface area (Å²) in [7, 11) is 0. The Hall–Kier alpha value is 1.40. The summed E-state index contributed by atoms with van der Waals surface area (Å²) in [5.74, 6) is 6.91. The minimum Gasteiger partial charge on any atom is -0.159 e. The summed E-state index contributed by atoms with van der Waals surface area (Å²) >= 11 is 8.78. The van der Waals surface area contributed by atoms with Crippen LogP contribution in [-0.2, 0) is 0 Å². The van der Waals surface area contributed by atoms with Crippen LogP contribution in [0.3, 0.4) is 0 Å². The van der Waals surface area contributed by atoms with E-state index >= 15 is 0 Å². The molecule has 0 aromatic rings. The highest BCUT2D eigenvalue weighted by Crippen LogP contribution is 2.53. The second-order valence-corrected chi connectivity index (χ2v) is 9.05. The lowest BCUT2D eigenvalue weighted by Gasteiger charge is -2.33. The van der Waals surface area contributed by atoms with Gasteiger partial charge in [0.25, 0.3) is 0 Å². The van der Waals surface area contributed by atoms with Crippen LogP contribution in [0.25, 0.3) is 0 Å². The Kier molecular flexibility index (Phi) is 3.94. The van der Waals surface area contributed by atoms with Crippen LogP contribution in [0, 0.1) is 0 Å². The first-order chi connectivity index (χ1) is 5.91. The summed E-state index contributed by atoms with van der Waals surface area (Å²) in [6, 6.07) is 0. The Morgan fingerprint density at radius 3 is 2.00 bits per heavy atom. The fourth-order valence-electron chi connectivity index (χ4n) is 1.35. The predicted molar refractivity (Wildman–Crippen MR) is 66.7 cm³/mol. The maximum Gasteiger partial charge on any atom is 0.116 e. The van der Waals surface area contributed by atoms with E-state index in [-0.39, 0.29) is 0 Å². The topological polar surface area (TPSA) is 0 Å². The van der Waals surface area contributed by atoms with Crippen molar-refractivity contribution in [3.05, 3.63) is 0 Å². The molecule has 0 radical (unpaired) electrons. The number of thioether (sulfide) groups is 4. The van der Waals surface area contributed by atoms with Gasteiger partial charge in [0.15, 0.2) is 0 Å². The molecule has 2 aliphatic rings. The lowest BCUT2D eigenvalue weighted by Crippen LogP contribution is -2.23. The minimum absolute atomic E-state index is 0.555. The molecule has 2 rings (SSSR count). The molecule has 0 aromatic carbocycles. The monoisotopic (exact) mass is 238 g/mol. The van der Waals surface area contributed by atoms with Gasteiger partial charge in [-0.2, -0.15) is 11.8 Å². The first kappa shape index (κ1) is 9.94. The molecule has 0 N–H and O–H groups in total. The Morgan fingerprint density at radius 2 is 1.33 bits per heavy atom. The molecule has 0 bridgehead atoms. The zero-order chi connectivity index (χ0) is 8.28. The lowest BCUT2D eigenvalue weighted by molar-refractivity contribution is 1.09. The molecule has 2 fully saturated rings. The lowest BCUT2D eigenvalue weighted by atomic mass is 10.6. The maximum absolute atomic E-state index is 2.21. The van der Waals surface area contributed by atoms with Gasteiger partial charge in [-0.25, -0.2) is 0 Å².